The van der Waals surface area contributed by atoms with Gasteiger partial charge in [-0.25, -0.2) is 4.39 Å². The van der Waals surface area contributed by atoms with Crippen molar-refractivity contribution in [3.63, 3.8) is 0 Å². The first-order valence-electron chi connectivity index (χ1n) is 11.4. The van der Waals surface area contributed by atoms with Crippen LogP contribution in [-0.4, -0.2) is 54.3 Å². The van der Waals surface area contributed by atoms with E-state index in [9.17, 15) is 22.4 Å². The van der Waals surface area contributed by atoms with Crippen LogP contribution in [0.25, 0.3) is 0 Å². The molecule has 3 nitrogen and oxygen atoms in total. The van der Waals surface area contributed by atoms with Crippen molar-refractivity contribution < 1.29 is 22.4 Å². The Morgan fingerprint density at radius 1 is 0.968 bits per heavy atom. The largest absolute Gasteiger partial charge is 0.419 e. The van der Waals surface area contributed by atoms with E-state index in [-0.39, 0.29) is 5.78 Å². The highest BCUT2D eigenvalue weighted by atomic mass is 19.4. The van der Waals surface area contributed by atoms with Crippen LogP contribution in [-0.2, 0) is 11.0 Å². The lowest BCUT2D eigenvalue weighted by atomic mass is 9.93. The van der Waals surface area contributed by atoms with E-state index in [1.54, 1.807) is 0 Å². The number of benzene rings is 1. The Morgan fingerprint density at radius 2 is 1.45 bits per heavy atom. The molecule has 1 aliphatic heterocycles. The van der Waals surface area contributed by atoms with E-state index >= 15 is 0 Å². The number of piperazine rings is 1. The van der Waals surface area contributed by atoms with E-state index in [1.807, 2.05) is 41.5 Å². The van der Waals surface area contributed by atoms with Gasteiger partial charge >= 0.3 is 6.18 Å². The summed E-state index contributed by atoms with van der Waals surface area (Å²) < 4.78 is 51.9. The summed E-state index contributed by atoms with van der Waals surface area (Å²) in [6, 6.07) is 3.23. The number of alkyl halides is 3. The topological polar surface area (TPSA) is 23.6 Å². The van der Waals surface area contributed by atoms with Crippen molar-refractivity contribution in [2.45, 2.75) is 80.4 Å². The molecule has 0 amide bonds. The number of hydrogen-bond donors (Lipinski definition) is 0. The monoisotopic (exact) mass is 450 g/mol. The van der Waals surface area contributed by atoms with Crippen LogP contribution in [0, 0.1) is 5.82 Å². The SMILES string of the molecule is CC.CC.CC.CC(=O)C(CN1CCN(C(C)C)CC1)c1ccc(C(F)(F)F)c(F)c1. The molecule has 1 heterocycles. The van der Waals surface area contributed by atoms with Crippen LogP contribution >= 0.6 is 0 Å². The zero-order valence-corrected chi connectivity index (χ0v) is 20.7. The van der Waals surface area contributed by atoms with E-state index in [2.05, 4.69) is 23.6 Å². The zero-order chi connectivity index (χ0) is 24.8. The highest BCUT2D eigenvalue weighted by molar-refractivity contribution is 5.83. The van der Waals surface area contributed by atoms with Crippen molar-refractivity contribution in [3.05, 3.63) is 35.1 Å². The van der Waals surface area contributed by atoms with Crippen LogP contribution in [0.4, 0.5) is 17.6 Å². The van der Waals surface area contributed by atoms with Gasteiger partial charge in [0.05, 0.1) is 11.5 Å². The van der Waals surface area contributed by atoms with Gasteiger partial charge in [-0.3, -0.25) is 14.6 Å². The van der Waals surface area contributed by atoms with Crippen LogP contribution < -0.4 is 0 Å². The van der Waals surface area contributed by atoms with Crippen molar-refractivity contribution in [2.75, 3.05) is 32.7 Å². The van der Waals surface area contributed by atoms with Crippen LogP contribution in [0.3, 0.4) is 0 Å². The summed E-state index contributed by atoms with van der Waals surface area (Å²) in [4.78, 5) is 16.4. The number of nitrogens with zero attached hydrogens (tertiary/aromatic N) is 2. The second-order valence-corrected chi connectivity index (χ2v) is 6.83. The Kier molecular flexibility index (Phi) is 16.6. The Morgan fingerprint density at radius 3 is 1.81 bits per heavy atom. The van der Waals surface area contributed by atoms with Gasteiger partial charge in [0.15, 0.2) is 0 Å². The second kappa shape index (κ2) is 16.2. The maximum absolute atomic E-state index is 13.8. The Hall–Kier alpha value is -1.47. The van der Waals surface area contributed by atoms with E-state index in [0.29, 0.717) is 18.2 Å². The summed E-state index contributed by atoms with van der Waals surface area (Å²) in [6.07, 6.45) is -4.73. The lowest BCUT2D eigenvalue weighted by Crippen LogP contribution is -2.50. The molecule has 1 aromatic carbocycles. The van der Waals surface area contributed by atoms with Crippen molar-refractivity contribution >= 4 is 5.78 Å². The van der Waals surface area contributed by atoms with Crippen LogP contribution in [0.15, 0.2) is 18.2 Å². The van der Waals surface area contributed by atoms with Gasteiger partial charge in [0.1, 0.15) is 11.6 Å². The van der Waals surface area contributed by atoms with Gasteiger partial charge in [0, 0.05) is 38.8 Å². The number of halogens is 4. The van der Waals surface area contributed by atoms with Gasteiger partial charge in [-0.05, 0) is 38.5 Å². The maximum Gasteiger partial charge on any atom is 0.419 e. The molecule has 2 rings (SSSR count). The molecule has 31 heavy (non-hydrogen) atoms. The number of rotatable bonds is 5. The zero-order valence-electron chi connectivity index (χ0n) is 20.7. The number of ketones is 1. The molecule has 0 N–H and O–H groups in total. The molecular formula is C24H42F4N2O. The van der Waals surface area contributed by atoms with Gasteiger partial charge in [-0.1, -0.05) is 47.6 Å². The molecular weight excluding hydrogens is 408 g/mol. The van der Waals surface area contributed by atoms with Crippen LogP contribution in [0.5, 0.6) is 0 Å². The number of carbonyl (C=O) groups is 1. The molecule has 0 aliphatic carbocycles. The van der Waals surface area contributed by atoms with Crippen LogP contribution in [0.1, 0.15) is 79.4 Å². The summed E-state index contributed by atoms with van der Waals surface area (Å²) in [5.74, 6) is -2.13. The highest BCUT2D eigenvalue weighted by Gasteiger charge is 2.34. The second-order valence-electron chi connectivity index (χ2n) is 6.83. The molecule has 0 radical (unpaired) electrons. The molecule has 1 aromatic rings. The van der Waals surface area contributed by atoms with Crippen molar-refractivity contribution in [2.24, 2.45) is 0 Å². The van der Waals surface area contributed by atoms with E-state index in [0.717, 1.165) is 38.3 Å². The minimum absolute atomic E-state index is 0.176. The minimum atomic E-state index is -4.73. The van der Waals surface area contributed by atoms with Crippen molar-refractivity contribution in [1.82, 2.24) is 9.80 Å². The fraction of sp³-hybridized carbons (Fsp3) is 0.708. The van der Waals surface area contributed by atoms with Gasteiger partial charge in [-0.15, -0.1) is 0 Å². The standard InChI is InChI=1S/C18H24F4N2O.3C2H6/c1-12(2)24-8-6-23(7-9-24)11-15(13(3)25)14-4-5-16(17(19)10-14)18(20,21)22;3*1-2/h4-5,10,12,15H,6-9,11H2,1-3H3;3*1-2H3. The van der Waals surface area contributed by atoms with Crippen molar-refractivity contribution in [1.29, 1.82) is 0 Å². The van der Waals surface area contributed by atoms with Gasteiger partial charge in [0.2, 0.25) is 0 Å². The molecule has 0 spiro atoms. The molecule has 1 unspecified atom stereocenters. The summed E-state index contributed by atoms with van der Waals surface area (Å²) in [6.45, 7) is 21.4. The molecule has 0 aromatic heterocycles. The predicted octanol–water partition coefficient (Wildman–Crippen LogP) is 6.62. The first-order valence-corrected chi connectivity index (χ1v) is 11.4. The molecule has 1 saturated heterocycles. The fourth-order valence-corrected chi connectivity index (χ4v) is 3.17. The average molecular weight is 451 g/mol. The molecule has 0 bridgehead atoms. The molecule has 182 valence electrons. The van der Waals surface area contributed by atoms with Gasteiger partial charge in [-0.2, -0.15) is 13.2 Å². The third-order valence-electron chi connectivity index (χ3n) is 4.77. The lowest BCUT2D eigenvalue weighted by molar-refractivity contribution is -0.140. The third kappa shape index (κ3) is 10.6. The Labute approximate surface area is 186 Å². The van der Waals surface area contributed by atoms with Crippen molar-refractivity contribution in [3.8, 4) is 0 Å². The summed E-state index contributed by atoms with van der Waals surface area (Å²) in [5.41, 5.74) is -1.01. The Balaban J connectivity index is 0. The lowest BCUT2D eigenvalue weighted by Gasteiger charge is -2.38. The number of Topliss-reactive ketones (excluding diaryl/α,β-unsaturated/α-hetero) is 1. The predicted molar refractivity (Wildman–Crippen MR) is 122 cm³/mol. The highest BCUT2D eigenvalue weighted by Crippen LogP contribution is 2.33. The number of carbonyl (C=O) groups excluding carboxylic acids is 1. The first kappa shape index (κ1) is 31.7. The smallest absolute Gasteiger partial charge is 0.300 e. The molecule has 7 heteroatoms. The summed E-state index contributed by atoms with van der Waals surface area (Å²) in [7, 11) is 0. The Bertz CT molecular complexity index is 610. The van der Waals surface area contributed by atoms with Gasteiger partial charge in [0.25, 0.3) is 0 Å². The quantitative estimate of drug-likeness (QED) is 0.471. The molecule has 0 saturated carbocycles. The first-order chi connectivity index (χ1) is 14.6. The van der Waals surface area contributed by atoms with E-state index < -0.39 is 23.5 Å². The normalized spacial score (nSPS) is 15.5. The van der Waals surface area contributed by atoms with Crippen LogP contribution in [0.2, 0.25) is 0 Å². The average Bonchev–Trinajstić information content (AvgIpc) is 2.75. The maximum atomic E-state index is 13.8. The fourth-order valence-electron chi connectivity index (χ4n) is 3.17. The summed E-state index contributed by atoms with van der Waals surface area (Å²) >= 11 is 0. The summed E-state index contributed by atoms with van der Waals surface area (Å²) in [5, 5.41) is 0. The molecule has 1 atom stereocenters. The molecule has 1 aliphatic rings. The molecule has 1 fully saturated rings. The minimum Gasteiger partial charge on any atom is -0.300 e. The van der Waals surface area contributed by atoms with E-state index in [1.165, 1.54) is 13.0 Å². The van der Waals surface area contributed by atoms with E-state index in [4.69, 9.17) is 0 Å². The number of hydrogen-bond acceptors (Lipinski definition) is 3. The third-order valence-corrected chi connectivity index (χ3v) is 4.77. The van der Waals surface area contributed by atoms with Gasteiger partial charge < -0.3 is 0 Å².